The van der Waals surface area contributed by atoms with Crippen LogP contribution in [-0.4, -0.2) is 0 Å². The third-order valence-electron chi connectivity index (χ3n) is 2.81. The van der Waals surface area contributed by atoms with Crippen molar-refractivity contribution in [3.63, 3.8) is 0 Å². The molecule has 0 saturated heterocycles. The van der Waals surface area contributed by atoms with Crippen molar-refractivity contribution in [1.29, 1.82) is 0 Å². The van der Waals surface area contributed by atoms with Crippen molar-refractivity contribution in [3.8, 4) is 0 Å². The number of hydrogen-bond donors (Lipinski definition) is 0. The van der Waals surface area contributed by atoms with Crippen LogP contribution in [0.2, 0.25) is 0 Å². The summed E-state index contributed by atoms with van der Waals surface area (Å²) in [5.74, 6) is 0. The van der Waals surface area contributed by atoms with Gasteiger partial charge in [0.2, 0.25) is 0 Å². The first-order valence-corrected chi connectivity index (χ1v) is 8.22. The van der Waals surface area contributed by atoms with Crippen LogP contribution < -0.4 is 0 Å². The van der Waals surface area contributed by atoms with Crippen LogP contribution in [0, 0.1) is 34.6 Å². The maximum absolute atomic E-state index is 4.83. The van der Waals surface area contributed by atoms with Gasteiger partial charge in [-0.3, -0.25) is 0 Å². The van der Waals surface area contributed by atoms with E-state index < -0.39 is 0 Å². The zero-order valence-electron chi connectivity index (χ0n) is 8.59. The van der Waals surface area contributed by atoms with E-state index in [4.69, 9.17) is 19.4 Å². The maximum atomic E-state index is 4.83. The van der Waals surface area contributed by atoms with Gasteiger partial charge in [-0.05, 0) is 0 Å². The van der Waals surface area contributed by atoms with E-state index >= 15 is 0 Å². The number of rotatable bonds is 0. The predicted molar refractivity (Wildman–Crippen MR) is 57.4 cm³/mol. The van der Waals surface area contributed by atoms with Crippen molar-refractivity contribution in [1.82, 2.24) is 0 Å². The van der Waals surface area contributed by atoms with Gasteiger partial charge in [-0.2, -0.15) is 27.8 Å². The molecule has 0 fully saturated rings. The molecule has 0 nitrogen and oxygen atoms in total. The summed E-state index contributed by atoms with van der Waals surface area (Å²) < 4.78 is 0. The van der Waals surface area contributed by atoms with Crippen LogP contribution in [0.1, 0.15) is 27.8 Å². The van der Waals surface area contributed by atoms with Crippen LogP contribution in [0.4, 0.5) is 0 Å². The van der Waals surface area contributed by atoms with E-state index in [9.17, 15) is 0 Å². The molecule has 1 aromatic carbocycles. The van der Waals surface area contributed by atoms with Crippen molar-refractivity contribution in [3.05, 3.63) is 27.8 Å². The van der Waals surface area contributed by atoms with Crippen molar-refractivity contribution in [2.24, 2.45) is 0 Å². The fourth-order valence-electron chi connectivity index (χ4n) is 1.41. The van der Waals surface area contributed by atoms with Crippen LogP contribution in [0.15, 0.2) is 0 Å². The fourth-order valence-corrected chi connectivity index (χ4v) is 1.41. The second kappa shape index (κ2) is 6.12. The summed E-state index contributed by atoms with van der Waals surface area (Å²) in [5, 5.41) is 0. The summed E-state index contributed by atoms with van der Waals surface area (Å²) in [6, 6.07) is 0. The van der Waals surface area contributed by atoms with Crippen molar-refractivity contribution in [2.75, 3.05) is 0 Å². The third-order valence-corrected chi connectivity index (χ3v) is 2.81. The van der Waals surface area contributed by atoms with Crippen molar-refractivity contribution in [2.45, 2.75) is 34.6 Å². The van der Waals surface area contributed by atoms with Crippen LogP contribution in [-0.2, 0) is 15.1 Å². The molecule has 0 heterocycles. The van der Waals surface area contributed by atoms with E-state index in [1.54, 1.807) is 0 Å². The first-order valence-electron chi connectivity index (χ1n) is 4.00. The third kappa shape index (κ3) is 3.31. The zero-order chi connectivity index (χ0) is 10.6. The Labute approximate surface area is 96.7 Å². The summed E-state index contributed by atoms with van der Waals surface area (Å²) in [6.07, 6.45) is 0. The molecule has 0 aliphatic rings. The van der Waals surface area contributed by atoms with Gasteiger partial charge in [0, 0.05) is 0 Å². The van der Waals surface area contributed by atoms with Gasteiger partial charge < -0.3 is 0 Å². The molecule has 0 N–H and O–H groups in total. The van der Waals surface area contributed by atoms with E-state index in [0.717, 1.165) is 0 Å². The molecule has 0 spiro atoms. The fraction of sp³-hybridized carbons (Fsp3) is 0.500. The molecule has 0 aromatic heterocycles. The van der Waals surface area contributed by atoms with Gasteiger partial charge in [0.15, 0.2) is 0 Å². The molecule has 0 aliphatic heterocycles. The van der Waals surface area contributed by atoms with Crippen LogP contribution >= 0.6 is 19.4 Å². The Kier molecular flexibility index (Phi) is 6.38. The molecule has 0 saturated carbocycles. The second-order valence-electron chi connectivity index (χ2n) is 3.17. The Bertz CT molecular complexity index is 197. The molecule has 1 aromatic rings. The first kappa shape index (κ1) is 13.6. The zero-order valence-corrected chi connectivity index (χ0v) is 11.7. The molecule has 0 aliphatic carbocycles. The Morgan fingerprint density at radius 1 is 0.923 bits per heavy atom. The molecule has 0 atom stereocenters. The van der Waals surface area contributed by atoms with Gasteiger partial charge >= 0.3 is 34.5 Å². The summed E-state index contributed by atoms with van der Waals surface area (Å²) >= 11 is -0.226. The van der Waals surface area contributed by atoms with Crippen molar-refractivity contribution < 1.29 is 15.1 Å². The predicted octanol–water partition coefficient (Wildman–Crippen LogP) is 4.32. The van der Waals surface area contributed by atoms with E-state index in [-0.39, 0.29) is 15.1 Å². The Balaban J connectivity index is 0.000000424. The van der Waals surface area contributed by atoms with E-state index in [2.05, 4.69) is 34.6 Å². The summed E-state index contributed by atoms with van der Waals surface area (Å²) in [4.78, 5) is 0. The van der Waals surface area contributed by atoms with Gasteiger partial charge in [-0.25, -0.2) is 0 Å². The minimum atomic E-state index is -0.226. The quantitative estimate of drug-likeness (QED) is 0.494. The Morgan fingerprint density at radius 3 is 1.23 bits per heavy atom. The molecule has 0 bridgehead atoms. The standard InChI is InChI=1S/C10H15.2ClH.Rh/c1-6-7(2)9(4)10(5)8(6)3;;;/h1-5H3;2*1H;/q-1;;;+2/p-2. The average molecular weight is 309 g/mol. The van der Waals surface area contributed by atoms with Gasteiger partial charge in [-0.15, -0.1) is 0 Å². The molecule has 1 rings (SSSR count). The van der Waals surface area contributed by atoms with Gasteiger partial charge in [0.25, 0.3) is 0 Å². The van der Waals surface area contributed by atoms with Crippen LogP contribution in [0.25, 0.3) is 0 Å². The van der Waals surface area contributed by atoms with Gasteiger partial charge in [0.05, 0.1) is 0 Å². The SMILES string of the molecule is Cc1c(C)c(C)[c-](C)c1C.[Cl][Rh][Cl]. The summed E-state index contributed by atoms with van der Waals surface area (Å²) in [7, 11) is 9.67. The van der Waals surface area contributed by atoms with Crippen molar-refractivity contribution >= 4 is 19.4 Å². The Morgan fingerprint density at radius 2 is 1.15 bits per heavy atom. The van der Waals surface area contributed by atoms with E-state index in [1.165, 1.54) is 27.8 Å². The number of hydrogen-bond acceptors (Lipinski definition) is 0. The van der Waals surface area contributed by atoms with E-state index in [1.807, 2.05) is 0 Å². The molecule has 0 radical (unpaired) electrons. The molecule has 3 heteroatoms. The Hall–Kier alpha value is 0.553. The second-order valence-corrected chi connectivity index (χ2v) is 5.66. The average Bonchev–Trinajstić information content (AvgIpc) is 2.25. The number of halogens is 2. The van der Waals surface area contributed by atoms with Crippen LogP contribution in [0.3, 0.4) is 0 Å². The monoisotopic (exact) mass is 308 g/mol. The molecule has 0 amide bonds. The summed E-state index contributed by atoms with van der Waals surface area (Å²) in [6.45, 7) is 11.0. The van der Waals surface area contributed by atoms with E-state index in [0.29, 0.717) is 0 Å². The molecule has 13 heavy (non-hydrogen) atoms. The normalized spacial score (nSPS) is 9.77. The van der Waals surface area contributed by atoms with Crippen LogP contribution in [0.5, 0.6) is 0 Å². The molecule has 0 unspecified atom stereocenters. The molecular formula is C10H15Cl2Rh-. The summed E-state index contributed by atoms with van der Waals surface area (Å²) in [5.41, 5.74) is 7.34. The molecule has 79 valence electrons. The first-order chi connectivity index (χ1) is 5.97. The molecular weight excluding hydrogens is 294 g/mol. The minimum absolute atomic E-state index is 0.226. The topological polar surface area (TPSA) is 0 Å². The van der Waals surface area contributed by atoms with Gasteiger partial charge in [-0.1, -0.05) is 34.6 Å². The van der Waals surface area contributed by atoms with Gasteiger partial charge in [0.1, 0.15) is 0 Å².